The lowest BCUT2D eigenvalue weighted by Crippen LogP contribution is -2.29. The Morgan fingerprint density at radius 3 is 2.69 bits per heavy atom. The number of aryl methyl sites for hydroxylation is 1. The molecule has 1 fully saturated rings. The number of aliphatic hydroxyl groups is 1. The molecule has 0 saturated heterocycles. The second kappa shape index (κ2) is 4.32. The molecule has 0 bridgehead atoms. The highest BCUT2D eigenvalue weighted by Crippen LogP contribution is 2.39. The molecule has 2 nitrogen and oxygen atoms in total. The van der Waals surface area contributed by atoms with E-state index in [0.717, 1.165) is 12.8 Å². The third-order valence-corrected chi connectivity index (χ3v) is 3.46. The Balaban J connectivity index is 2.34. The molecule has 0 aliphatic heterocycles. The lowest BCUT2D eigenvalue weighted by Gasteiger charge is -2.21. The molecule has 0 amide bonds. The number of hydrogen-bond acceptors (Lipinski definition) is 2. The smallest absolute Gasteiger partial charge is 0.132 e. The largest absolute Gasteiger partial charge is 0.391 e. The maximum Gasteiger partial charge on any atom is 0.132 e. The van der Waals surface area contributed by atoms with Gasteiger partial charge in [0.1, 0.15) is 5.82 Å². The molecule has 0 radical (unpaired) electrons. The van der Waals surface area contributed by atoms with Gasteiger partial charge in [0.25, 0.3) is 0 Å². The Hall–Kier alpha value is -0.640. The van der Waals surface area contributed by atoms with E-state index in [4.69, 9.17) is 17.3 Å². The first-order chi connectivity index (χ1) is 7.52. The molecule has 1 aliphatic carbocycles. The maximum atomic E-state index is 13.9. The van der Waals surface area contributed by atoms with Gasteiger partial charge in [0.2, 0.25) is 0 Å². The molecular weight excluding hydrogens is 229 g/mol. The van der Waals surface area contributed by atoms with Gasteiger partial charge in [-0.3, -0.25) is 0 Å². The fraction of sp³-hybridized carbons (Fsp3) is 0.500. The highest BCUT2D eigenvalue weighted by Gasteiger charge is 2.36. The van der Waals surface area contributed by atoms with Crippen molar-refractivity contribution in [1.29, 1.82) is 0 Å². The van der Waals surface area contributed by atoms with E-state index in [9.17, 15) is 9.50 Å². The van der Waals surface area contributed by atoms with Crippen molar-refractivity contribution in [3.8, 4) is 0 Å². The summed E-state index contributed by atoms with van der Waals surface area (Å²) in [4.78, 5) is 0. The fourth-order valence-electron chi connectivity index (χ4n) is 1.89. The van der Waals surface area contributed by atoms with Crippen LogP contribution in [0.3, 0.4) is 0 Å². The first kappa shape index (κ1) is 11.8. The first-order valence-corrected chi connectivity index (χ1v) is 5.78. The van der Waals surface area contributed by atoms with Crippen LogP contribution in [0.5, 0.6) is 0 Å². The molecule has 1 aromatic rings. The van der Waals surface area contributed by atoms with Crippen LogP contribution < -0.4 is 5.73 Å². The van der Waals surface area contributed by atoms with Crippen LogP contribution in [0.1, 0.15) is 30.0 Å². The molecule has 1 aliphatic rings. The summed E-state index contributed by atoms with van der Waals surface area (Å²) in [6.45, 7) is 1.66. The van der Waals surface area contributed by atoms with Crippen molar-refractivity contribution in [3.05, 3.63) is 34.1 Å². The monoisotopic (exact) mass is 243 g/mol. The van der Waals surface area contributed by atoms with E-state index in [2.05, 4.69) is 0 Å². The Morgan fingerprint density at radius 2 is 2.12 bits per heavy atom. The van der Waals surface area contributed by atoms with E-state index < -0.39 is 18.0 Å². The summed E-state index contributed by atoms with van der Waals surface area (Å²) in [5.41, 5.74) is 6.61. The third-order valence-electron chi connectivity index (χ3n) is 3.13. The van der Waals surface area contributed by atoms with Crippen molar-refractivity contribution in [3.63, 3.8) is 0 Å². The van der Waals surface area contributed by atoms with Crippen molar-refractivity contribution in [1.82, 2.24) is 0 Å². The predicted octanol–water partition coefficient (Wildman–Crippen LogP) is 2.56. The number of benzene rings is 1. The molecule has 0 unspecified atom stereocenters. The van der Waals surface area contributed by atoms with Crippen molar-refractivity contribution in [2.75, 3.05) is 0 Å². The minimum Gasteiger partial charge on any atom is -0.391 e. The van der Waals surface area contributed by atoms with Crippen LogP contribution in [-0.4, -0.2) is 11.2 Å². The summed E-state index contributed by atoms with van der Waals surface area (Å²) in [7, 11) is 0. The number of nitrogens with two attached hydrogens (primary N) is 1. The molecular formula is C12H15ClFNO. The molecule has 1 saturated carbocycles. The van der Waals surface area contributed by atoms with Crippen LogP contribution in [0.25, 0.3) is 0 Å². The van der Waals surface area contributed by atoms with Gasteiger partial charge in [-0.25, -0.2) is 4.39 Å². The zero-order chi connectivity index (χ0) is 11.9. The highest BCUT2D eigenvalue weighted by atomic mass is 35.5. The van der Waals surface area contributed by atoms with Gasteiger partial charge >= 0.3 is 0 Å². The minimum absolute atomic E-state index is 0.200. The maximum absolute atomic E-state index is 13.9. The van der Waals surface area contributed by atoms with Gasteiger partial charge in [-0.15, -0.1) is 0 Å². The van der Waals surface area contributed by atoms with Gasteiger partial charge in [-0.2, -0.15) is 0 Å². The van der Waals surface area contributed by atoms with Crippen molar-refractivity contribution in [2.24, 2.45) is 11.7 Å². The second-order valence-corrected chi connectivity index (χ2v) is 4.85. The lowest BCUT2D eigenvalue weighted by atomic mass is 9.97. The quantitative estimate of drug-likeness (QED) is 0.857. The molecule has 4 heteroatoms. The van der Waals surface area contributed by atoms with E-state index >= 15 is 0 Å². The Bertz CT molecular complexity index is 406. The van der Waals surface area contributed by atoms with Gasteiger partial charge in [0.05, 0.1) is 12.1 Å². The zero-order valence-corrected chi connectivity index (χ0v) is 9.84. The molecule has 0 heterocycles. The van der Waals surface area contributed by atoms with E-state index in [1.165, 1.54) is 0 Å². The number of halogens is 2. The van der Waals surface area contributed by atoms with E-state index in [0.29, 0.717) is 5.56 Å². The normalized spacial score (nSPS) is 19.6. The van der Waals surface area contributed by atoms with E-state index in [1.54, 1.807) is 19.1 Å². The van der Waals surface area contributed by atoms with Crippen LogP contribution in [0, 0.1) is 18.7 Å². The highest BCUT2D eigenvalue weighted by molar-refractivity contribution is 6.31. The Kier molecular flexibility index (Phi) is 3.19. The van der Waals surface area contributed by atoms with Crippen molar-refractivity contribution in [2.45, 2.75) is 31.9 Å². The van der Waals surface area contributed by atoms with Gasteiger partial charge in [-0.05, 0) is 37.3 Å². The van der Waals surface area contributed by atoms with Crippen LogP contribution >= 0.6 is 11.6 Å². The number of aliphatic hydroxyl groups excluding tert-OH is 1. The van der Waals surface area contributed by atoms with Crippen molar-refractivity contribution >= 4 is 11.6 Å². The average Bonchev–Trinajstić information content (AvgIpc) is 3.06. The van der Waals surface area contributed by atoms with Gasteiger partial charge in [0, 0.05) is 10.6 Å². The molecule has 0 aromatic heterocycles. The predicted molar refractivity (Wildman–Crippen MR) is 61.8 cm³/mol. The van der Waals surface area contributed by atoms with Gasteiger partial charge < -0.3 is 10.8 Å². The summed E-state index contributed by atoms with van der Waals surface area (Å²) in [6, 6.07) is 2.49. The minimum atomic E-state index is -0.736. The van der Waals surface area contributed by atoms with Crippen LogP contribution in [0.15, 0.2) is 12.1 Å². The zero-order valence-electron chi connectivity index (χ0n) is 9.08. The molecule has 0 spiro atoms. The average molecular weight is 244 g/mol. The number of rotatable bonds is 3. The summed E-state index contributed by atoms with van der Waals surface area (Å²) in [6.07, 6.45) is 1.22. The Labute approximate surface area is 99.2 Å². The SMILES string of the molecule is Cc1ccc(Cl)c([C@H](N)[C@H](O)C2CC2)c1F. The summed E-state index contributed by atoms with van der Waals surface area (Å²) < 4.78 is 13.9. The lowest BCUT2D eigenvalue weighted by molar-refractivity contribution is 0.121. The van der Waals surface area contributed by atoms with Crippen LogP contribution in [-0.2, 0) is 0 Å². The molecule has 2 rings (SSSR count). The third kappa shape index (κ3) is 2.08. The van der Waals surface area contributed by atoms with Crippen LogP contribution in [0.2, 0.25) is 5.02 Å². The molecule has 1 aromatic carbocycles. The van der Waals surface area contributed by atoms with Crippen molar-refractivity contribution < 1.29 is 9.50 Å². The Morgan fingerprint density at radius 1 is 1.50 bits per heavy atom. The second-order valence-electron chi connectivity index (χ2n) is 4.45. The van der Waals surface area contributed by atoms with E-state index in [1.807, 2.05) is 0 Å². The molecule has 2 atom stereocenters. The number of hydrogen-bond donors (Lipinski definition) is 2. The van der Waals surface area contributed by atoms with E-state index in [-0.39, 0.29) is 16.5 Å². The molecule has 16 heavy (non-hydrogen) atoms. The van der Waals surface area contributed by atoms with Gasteiger partial charge in [0.15, 0.2) is 0 Å². The summed E-state index contributed by atoms with van der Waals surface area (Å²) >= 11 is 5.93. The fourth-order valence-corrected chi connectivity index (χ4v) is 2.16. The molecule has 3 N–H and O–H groups in total. The van der Waals surface area contributed by atoms with Gasteiger partial charge in [-0.1, -0.05) is 17.7 Å². The standard InChI is InChI=1S/C12H15ClFNO/c1-6-2-5-8(13)9(10(6)14)11(15)12(16)7-3-4-7/h2,5,7,11-12,16H,3-4,15H2,1H3/t11-,12+/m0/s1. The summed E-state index contributed by atoms with van der Waals surface area (Å²) in [5.74, 6) is -0.203. The van der Waals surface area contributed by atoms with Crippen LogP contribution in [0.4, 0.5) is 4.39 Å². The first-order valence-electron chi connectivity index (χ1n) is 5.40. The summed E-state index contributed by atoms with van der Waals surface area (Å²) in [5, 5.41) is 10.2. The molecule has 88 valence electrons. The topological polar surface area (TPSA) is 46.2 Å².